The average Bonchev–Trinajstić information content (AvgIpc) is 2.50. The van der Waals surface area contributed by atoms with E-state index in [2.05, 4.69) is 20.8 Å². The molecule has 0 spiro atoms. The van der Waals surface area contributed by atoms with E-state index >= 15 is 0 Å². The average molecular weight is 326 g/mol. The van der Waals surface area contributed by atoms with Crippen molar-refractivity contribution in [1.82, 2.24) is 4.90 Å². The van der Waals surface area contributed by atoms with Crippen LogP contribution in [0.5, 0.6) is 0 Å². The summed E-state index contributed by atoms with van der Waals surface area (Å²) >= 11 is 3.54. The molecule has 1 aliphatic rings. The molecule has 1 aliphatic heterocycles. The van der Waals surface area contributed by atoms with Crippen LogP contribution in [0.4, 0.5) is 0 Å². The Balaban J connectivity index is 2.53. The summed E-state index contributed by atoms with van der Waals surface area (Å²) in [5.74, 6) is 0.300. The molecule has 17 heavy (non-hydrogen) atoms. The second-order valence-corrected chi connectivity index (χ2v) is 8.43. The van der Waals surface area contributed by atoms with Crippen LogP contribution in [0.3, 0.4) is 0 Å². The Morgan fingerprint density at radius 3 is 2.59 bits per heavy atom. The van der Waals surface area contributed by atoms with Crippen molar-refractivity contribution >= 4 is 25.8 Å². The SMILES string of the molecule is CC(C)S(=O)(=O)CCN1CCCCCC1CBr. The molecule has 0 amide bonds. The molecule has 0 bridgehead atoms. The monoisotopic (exact) mass is 325 g/mol. The molecule has 1 rings (SSSR count). The van der Waals surface area contributed by atoms with Crippen LogP contribution in [0.15, 0.2) is 0 Å². The standard InChI is InChI=1S/C12H24BrNO2S/c1-11(2)17(15,16)9-8-14-7-5-3-4-6-12(14)10-13/h11-12H,3-10H2,1-2H3. The van der Waals surface area contributed by atoms with E-state index in [0.717, 1.165) is 11.9 Å². The lowest BCUT2D eigenvalue weighted by atomic mass is 10.1. The van der Waals surface area contributed by atoms with Crippen molar-refractivity contribution < 1.29 is 8.42 Å². The maximum atomic E-state index is 11.8. The summed E-state index contributed by atoms with van der Waals surface area (Å²) in [4.78, 5) is 2.35. The third-order valence-corrected chi connectivity index (χ3v) is 6.49. The normalized spacial score (nSPS) is 23.9. The minimum absolute atomic E-state index is 0.253. The van der Waals surface area contributed by atoms with Gasteiger partial charge in [-0.1, -0.05) is 28.8 Å². The van der Waals surface area contributed by atoms with Crippen molar-refractivity contribution in [2.45, 2.75) is 50.8 Å². The molecule has 3 nitrogen and oxygen atoms in total. The first-order valence-electron chi connectivity index (χ1n) is 6.49. The molecule has 0 aliphatic carbocycles. The first-order chi connectivity index (χ1) is 7.97. The summed E-state index contributed by atoms with van der Waals surface area (Å²) in [6, 6.07) is 0.514. The third-order valence-electron chi connectivity index (χ3n) is 3.56. The van der Waals surface area contributed by atoms with E-state index in [-0.39, 0.29) is 5.25 Å². The number of halogens is 1. The molecule has 0 N–H and O–H groups in total. The van der Waals surface area contributed by atoms with Gasteiger partial charge in [0.15, 0.2) is 9.84 Å². The molecule has 0 saturated carbocycles. The first kappa shape index (κ1) is 15.4. The van der Waals surface area contributed by atoms with Crippen LogP contribution in [0.25, 0.3) is 0 Å². The van der Waals surface area contributed by atoms with Crippen LogP contribution in [0.1, 0.15) is 39.5 Å². The van der Waals surface area contributed by atoms with E-state index < -0.39 is 9.84 Å². The van der Waals surface area contributed by atoms with E-state index in [1.165, 1.54) is 25.7 Å². The van der Waals surface area contributed by atoms with Gasteiger partial charge in [-0.05, 0) is 33.2 Å². The Morgan fingerprint density at radius 2 is 2.00 bits per heavy atom. The van der Waals surface area contributed by atoms with Gasteiger partial charge in [0, 0.05) is 17.9 Å². The Labute approximate surface area is 114 Å². The van der Waals surface area contributed by atoms with Crippen molar-refractivity contribution in [2.24, 2.45) is 0 Å². The lowest BCUT2D eigenvalue weighted by Gasteiger charge is -2.28. The number of hydrogen-bond acceptors (Lipinski definition) is 3. The van der Waals surface area contributed by atoms with E-state index in [4.69, 9.17) is 0 Å². The Kier molecular flexibility index (Phi) is 6.45. The Morgan fingerprint density at radius 1 is 1.29 bits per heavy atom. The number of hydrogen-bond donors (Lipinski definition) is 0. The topological polar surface area (TPSA) is 37.4 Å². The molecule has 1 heterocycles. The summed E-state index contributed by atoms with van der Waals surface area (Å²) in [7, 11) is -2.90. The first-order valence-corrected chi connectivity index (χ1v) is 9.32. The maximum absolute atomic E-state index is 11.8. The van der Waals surface area contributed by atoms with Gasteiger partial charge in [-0.15, -0.1) is 0 Å². The second-order valence-electron chi connectivity index (χ2n) is 5.11. The van der Waals surface area contributed by atoms with E-state index in [9.17, 15) is 8.42 Å². The van der Waals surface area contributed by atoms with Gasteiger partial charge in [0.1, 0.15) is 0 Å². The summed E-state index contributed by atoms with van der Waals surface area (Å²) in [6.45, 7) is 5.26. The zero-order valence-corrected chi connectivity index (χ0v) is 13.3. The van der Waals surface area contributed by atoms with Gasteiger partial charge in [0.05, 0.1) is 11.0 Å². The minimum atomic E-state index is -2.90. The van der Waals surface area contributed by atoms with Crippen LogP contribution < -0.4 is 0 Å². The molecule has 5 heteroatoms. The Bertz CT molecular complexity index is 316. The highest BCUT2D eigenvalue weighted by molar-refractivity contribution is 9.09. The van der Waals surface area contributed by atoms with Crippen LogP contribution in [0, 0.1) is 0 Å². The predicted octanol–water partition coefficient (Wildman–Crippen LogP) is 2.45. The molecular formula is C12H24BrNO2S. The Hall–Kier alpha value is 0.390. The number of rotatable bonds is 5. The van der Waals surface area contributed by atoms with Crippen molar-refractivity contribution in [3.8, 4) is 0 Å². The molecule has 102 valence electrons. The second kappa shape index (κ2) is 7.10. The van der Waals surface area contributed by atoms with Crippen molar-refractivity contribution in [1.29, 1.82) is 0 Å². The molecule has 1 saturated heterocycles. The van der Waals surface area contributed by atoms with Gasteiger partial charge in [0.2, 0.25) is 0 Å². The maximum Gasteiger partial charge on any atom is 0.153 e. The van der Waals surface area contributed by atoms with Crippen LogP contribution >= 0.6 is 15.9 Å². The number of sulfone groups is 1. The predicted molar refractivity (Wildman–Crippen MR) is 76.5 cm³/mol. The molecule has 1 fully saturated rings. The molecule has 0 aromatic heterocycles. The quantitative estimate of drug-likeness (QED) is 0.728. The minimum Gasteiger partial charge on any atom is -0.299 e. The van der Waals surface area contributed by atoms with Crippen molar-refractivity contribution in [3.63, 3.8) is 0 Å². The van der Waals surface area contributed by atoms with Gasteiger partial charge >= 0.3 is 0 Å². The fraction of sp³-hybridized carbons (Fsp3) is 1.00. The fourth-order valence-electron chi connectivity index (χ4n) is 2.19. The lowest BCUT2D eigenvalue weighted by Crippen LogP contribution is -2.40. The number of likely N-dealkylation sites (tertiary alicyclic amines) is 1. The zero-order valence-electron chi connectivity index (χ0n) is 10.9. The van der Waals surface area contributed by atoms with Gasteiger partial charge in [-0.2, -0.15) is 0 Å². The zero-order chi connectivity index (χ0) is 12.9. The van der Waals surface area contributed by atoms with Gasteiger partial charge in [-0.25, -0.2) is 8.42 Å². The van der Waals surface area contributed by atoms with Gasteiger partial charge in [-0.3, -0.25) is 4.90 Å². The van der Waals surface area contributed by atoms with Crippen LogP contribution in [-0.2, 0) is 9.84 Å². The fourth-order valence-corrected chi connectivity index (χ4v) is 3.88. The van der Waals surface area contributed by atoms with E-state index in [0.29, 0.717) is 18.3 Å². The third kappa shape index (κ3) is 4.87. The van der Waals surface area contributed by atoms with E-state index in [1.807, 2.05) is 0 Å². The van der Waals surface area contributed by atoms with Crippen LogP contribution in [-0.4, -0.2) is 48.8 Å². The molecule has 0 radical (unpaired) electrons. The molecule has 0 aromatic rings. The number of nitrogens with zero attached hydrogens (tertiary/aromatic N) is 1. The molecule has 0 aromatic carbocycles. The van der Waals surface area contributed by atoms with Crippen LogP contribution in [0.2, 0.25) is 0 Å². The van der Waals surface area contributed by atoms with Gasteiger partial charge in [0.25, 0.3) is 0 Å². The summed E-state index contributed by atoms with van der Waals surface area (Å²) in [5.41, 5.74) is 0. The summed E-state index contributed by atoms with van der Waals surface area (Å²) < 4.78 is 23.6. The summed E-state index contributed by atoms with van der Waals surface area (Å²) in [5, 5.41) is 0.700. The smallest absolute Gasteiger partial charge is 0.153 e. The number of alkyl halides is 1. The van der Waals surface area contributed by atoms with Crippen molar-refractivity contribution in [3.05, 3.63) is 0 Å². The summed E-state index contributed by atoms with van der Waals surface area (Å²) in [6.07, 6.45) is 4.93. The lowest BCUT2D eigenvalue weighted by molar-refractivity contribution is 0.230. The molecule has 1 unspecified atom stereocenters. The molecular weight excluding hydrogens is 302 g/mol. The highest BCUT2D eigenvalue weighted by atomic mass is 79.9. The largest absolute Gasteiger partial charge is 0.299 e. The van der Waals surface area contributed by atoms with Crippen molar-refractivity contribution in [2.75, 3.05) is 24.2 Å². The van der Waals surface area contributed by atoms with E-state index in [1.54, 1.807) is 13.8 Å². The highest BCUT2D eigenvalue weighted by Gasteiger charge is 2.23. The molecule has 1 atom stereocenters. The highest BCUT2D eigenvalue weighted by Crippen LogP contribution is 2.18. The van der Waals surface area contributed by atoms with Gasteiger partial charge < -0.3 is 0 Å².